The maximum atomic E-state index is 13.1. The minimum atomic E-state index is -0.635. The monoisotopic (exact) mass is 302 g/mol. The van der Waals surface area contributed by atoms with E-state index in [-0.39, 0.29) is 11.9 Å². The lowest BCUT2D eigenvalue weighted by atomic mass is 10.0. The first-order valence-corrected chi connectivity index (χ1v) is 6.70. The molecule has 0 spiro atoms. The first kappa shape index (κ1) is 13.0. The molecule has 1 N–H and O–H groups in total. The first-order chi connectivity index (χ1) is 8.16. The van der Waals surface area contributed by atoms with Gasteiger partial charge in [-0.25, -0.2) is 4.39 Å². The van der Waals surface area contributed by atoms with Crippen molar-refractivity contribution in [1.29, 1.82) is 0 Å². The highest BCUT2D eigenvalue weighted by Gasteiger charge is 2.19. The maximum absolute atomic E-state index is 13.1. The molecule has 2 unspecified atom stereocenters. The average Bonchev–Trinajstić information content (AvgIpc) is 2.82. The Kier molecular flexibility index (Phi) is 4.54. The molecule has 94 valence electrons. The summed E-state index contributed by atoms with van der Waals surface area (Å²) in [5, 5.41) is 10.0. The molecule has 1 aromatic carbocycles. The number of aliphatic hydroxyl groups excluding tert-OH is 1. The van der Waals surface area contributed by atoms with E-state index in [1.807, 2.05) is 0 Å². The Morgan fingerprint density at radius 2 is 2.35 bits per heavy atom. The van der Waals surface area contributed by atoms with Crippen molar-refractivity contribution in [1.82, 2.24) is 0 Å². The van der Waals surface area contributed by atoms with Gasteiger partial charge in [0.1, 0.15) is 5.82 Å². The van der Waals surface area contributed by atoms with Crippen LogP contribution in [0.1, 0.15) is 37.4 Å². The number of rotatable bonds is 4. The third-order valence-electron chi connectivity index (χ3n) is 3.10. The van der Waals surface area contributed by atoms with E-state index in [2.05, 4.69) is 15.9 Å². The molecule has 0 bridgehead atoms. The van der Waals surface area contributed by atoms with Gasteiger partial charge in [0.25, 0.3) is 0 Å². The Morgan fingerprint density at radius 3 is 3.06 bits per heavy atom. The molecule has 1 fully saturated rings. The van der Waals surface area contributed by atoms with Crippen LogP contribution >= 0.6 is 15.9 Å². The minimum absolute atomic E-state index is 0.261. The quantitative estimate of drug-likeness (QED) is 0.921. The summed E-state index contributed by atoms with van der Waals surface area (Å²) < 4.78 is 19.3. The molecular weight excluding hydrogens is 287 g/mol. The minimum Gasteiger partial charge on any atom is -0.388 e. The lowest BCUT2D eigenvalue weighted by molar-refractivity contribution is 0.0810. The summed E-state index contributed by atoms with van der Waals surface area (Å²) in [6.45, 7) is 0.824. The molecule has 0 saturated carbocycles. The number of aliphatic hydroxyl groups is 1. The highest BCUT2D eigenvalue weighted by Crippen LogP contribution is 2.29. The van der Waals surface area contributed by atoms with Gasteiger partial charge in [-0.2, -0.15) is 0 Å². The number of ether oxygens (including phenoxy) is 1. The van der Waals surface area contributed by atoms with Gasteiger partial charge in [0, 0.05) is 11.1 Å². The van der Waals surface area contributed by atoms with Gasteiger partial charge in [-0.1, -0.05) is 15.9 Å². The molecule has 1 heterocycles. The molecule has 0 amide bonds. The highest BCUT2D eigenvalue weighted by atomic mass is 79.9. The van der Waals surface area contributed by atoms with E-state index in [1.54, 1.807) is 6.07 Å². The molecule has 2 nitrogen and oxygen atoms in total. The summed E-state index contributed by atoms with van der Waals surface area (Å²) in [6, 6.07) is 4.38. The lowest BCUT2D eigenvalue weighted by Gasteiger charge is -2.15. The summed E-state index contributed by atoms with van der Waals surface area (Å²) in [5.41, 5.74) is 0.614. The highest BCUT2D eigenvalue weighted by molar-refractivity contribution is 9.10. The number of hydrogen-bond donors (Lipinski definition) is 1. The second-order valence-corrected chi connectivity index (χ2v) is 5.25. The molecule has 1 saturated heterocycles. The van der Waals surface area contributed by atoms with Gasteiger partial charge < -0.3 is 9.84 Å². The molecule has 0 aromatic heterocycles. The van der Waals surface area contributed by atoms with E-state index >= 15 is 0 Å². The molecule has 0 aliphatic carbocycles. The standard InChI is InChI=1S/C13H16BrFO2/c14-12-5-3-9(15)8-11(12)13(16)6-4-10-2-1-7-17-10/h3,5,8,10,13,16H,1-2,4,6-7H2. The van der Waals surface area contributed by atoms with E-state index in [0.717, 1.165) is 30.3 Å². The van der Waals surface area contributed by atoms with E-state index < -0.39 is 6.10 Å². The second kappa shape index (κ2) is 5.94. The van der Waals surface area contributed by atoms with Crippen molar-refractivity contribution in [3.05, 3.63) is 34.1 Å². The Bertz CT molecular complexity index is 378. The first-order valence-electron chi connectivity index (χ1n) is 5.91. The Morgan fingerprint density at radius 1 is 1.53 bits per heavy atom. The molecule has 2 rings (SSSR count). The van der Waals surface area contributed by atoms with Crippen molar-refractivity contribution >= 4 is 15.9 Å². The van der Waals surface area contributed by atoms with E-state index in [4.69, 9.17) is 4.74 Å². The van der Waals surface area contributed by atoms with Gasteiger partial charge in [0.15, 0.2) is 0 Å². The van der Waals surface area contributed by atoms with Gasteiger partial charge in [0.2, 0.25) is 0 Å². The average molecular weight is 303 g/mol. The third-order valence-corrected chi connectivity index (χ3v) is 3.83. The summed E-state index contributed by atoms with van der Waals surface area (Å²) in [5.74, 6) is -0.320. The predicted octanol–water partition coefficient (Wildman–Crippen LogP) is 3.58. The normalized spacial score (nSPS) is 21.7. The van der Waals surface area contributed by atoms with Gasteiger partial charge in [0.05, 0.1) is 12.2 Å². The molecule has 1 aliphatic rings. The Balaban J connectivity index is 1.93. The van der Waals surface area contributed by atoms with Crippen molar-refractivity contribution in [2.45, 2.75) is 37.9 Å². The molecular formula is C13H16BrFO2. The summed E-state index contributed by atoms with van der Waals surface area (Å²) >= 11 is 3.33. The summed E-state index contributed by atoms with van der Waals surface area (Å²) in [4.78, 5) is 0. The zero-order valence-corrected chi connectivity index (χ0v) is 11.1. The van der Waals surface area contributed by atoms with Crippen LogP contribution in [-0.2, 0) is 4.74 Å². The third kappa shape index (κ3) is 3.50. The van der Waals surface area contributed by atoms with Crippen LogP contribution < -0.4 is 0 Å². The van der Waals surface area contributed by atoms with Gasteiger partial charge in [-0.15, -0.1) is 0 Å². The maximum Gasteiger partial charge on any atom is 0.123 e. The zero-order chi connectivity index (χ0) is 12.3. The fourth-order valence-corrected chi connectivity index (χ4v) is 2.65. The summed E-state index contributed by atoms with van der Waals surface area (Å²) in [6.07, 6.45) is 3.22. The van der Waals surface area contributed by atoms with Crippen molar-refractivity contribution in [2.24, 2.45) is 0 Å². The zero-order valence-electron chi connectivity index (χ0n) is 9.53. The molecule has 4 heteroatoms. The Labute approximate surface area is 109 Å². The second-order valence-electron chi connectivity index (χ2n) is 4.39. The number of benzene rings is 1. The molecule has 1 aliphatic heterocycles. The fraction of sp³-hybridized carbons (Fsp3) is 0.538. The number of halogens is 2. The topological polar surface area (TPSA) is 29.5 Å². The fourth-order valence-electron chi connectivity index (χ4n) is 2.14. The molecule has 0 radical (unpaired) electrons. The summed E-state index contributed by atoms with van der Waals surface area (Å²) in [7, 11) is 0. The van der Waals surface area contributed by atoms with E-state index in [1.165, 1.54) is 12.1 Å². The number of hydrogen-bond acceptors (Lipinski definition) is 2. The van der Waals surface area contributed by atoms with Gasteiger partial charge in [-0.3, -0.25) is 0 Å². The van der Waals surface area contributed by atoms with Crippen LogP contribution in [0, 0.1) is 5.82 Å². The largest absolute Gasteiger partial charge is 0.388 e. The van der Waals surface area contributed by atoms with Crippen molar-refractivity contribution in [3.8, 4) is 0 Å². The smallest absolute Gasteiger partial charge is 0.123 e. The predicted molar refractivity (Wildman–Crippen MR) is 67.3 cm³/mol. The van der Waals surface area contributed by atoms with E-state index in [9.17, 15) is 9.50 Å². The lowest BCUT2D eigenvalue weighted by Crippen LogP contribution is -2.08. The van der Waals surface area contributed by atoms with Gasteiger partial charge in [-0.05, 0) is 49.4 Å². The van der Waals surface area contributed by atoms with Crippen LogP contribution in [0.15, 0.2) is 22.7 Å². The van der Waals surface area contributed by atoms with Crippen LogP contribution in [-0.4, -0.2) is 17.8 Å². The van der Waals surface area contributed by atoms with Crippen LogP contribution in [0.25, 0.3) is 0 Å². The molecule has 2 atom stereocenters. The van der Waals surface area contributed by atoms with Crippen molar-refractivity contribution in [3.63, 3.8) is 0 Å². The SMILES string of the molecule is OC(CCC1CCCO1)c1cc(F)ccc1Br. The van der Waals surface area contributed by atoms with Crippen LogP contribution in [0.3, 0.4) is 0 Å². The molecule has 1 aromatic rings. The van der Waals surface area contributed by atoms with Crippen molar-refractivity contribution < 1.29 is 14.2 Å². The van der Waals surface area contributed by atoms with E-state index in [0.29, 0.717) is 12.0 Å². The van der Waals surface area contributed by atoms with Crippen LogP contribution in [0.4, 0.5) is 4.39 Å². The Hall–Kier alpha value is -0.450. The van der Waals surface area contributed by atoms with Gasteiger partial charge >= 0.3 is 0 Å². The van der Waals surface area contributed by atoms with Crippen LogP contribution in [0.2, 0.25) is 0 Å². The molecule has 17 heavy (non-hydrogen) atoms. The van der Waals surface area contributed by atoms with Crippen LogP contribution in [0.5, 0.6) is 0 Å². The van der Waals surface area contributed by atoms with Crippen molar-refractivity contribution in [2.75, 3.05) is 6.61 Å².